The van der Waals surface area contributed by atoms with Crippen LogP contribution in [-0.2, 0) is 9.59 Å². The van der Waals surface area contributed by atoms with Gasteiger partial charge in [-0.15, -0.1) is 0 Å². The standard InChI is InChI=1S/C15H19N3O5/c1-15(2)13(20)18(14(21)17-15)8-12(19)16-10-7-9(22-3)5-6-11(10)23-4/h5-7H,8H2,1-4H3,(H,16,19)(H,17,21). The van der Waals surface area contributed by atoms with Crippen molar-refractivity contribution >= 4 is 23.5 Å². The maximum Gasteiger partial charge on any atom is 0.325 e. The molecule has 2 rings (SSSR count). The molecule has 0 spiro atoms. The molecule has 0 bridgehead atoms. The number of amides is 4. The average molecular weight is 321 g/mol. The number of carbonyl (C=O) groups is 3. The smallest absolute Gasteiger partial charge is 0.325 e. The van der Waals surface area contributed by atoms with Crippen LogP contribution in [0.15, 0.2) is 18.2 Å². The highest BCUT2D eigenvalue weighted by Gasteiger charge is 2.44. The molecule has 0 unspecified atom stereocenters. The Bertz CT molecular complexity index is 657. The zero-order valence-corrected chi connectivity index (χ0v) is 13.4. The van der Waals surface area contributed by atoms with E-state index in [2.05, 4.69) is 10.6 Å². The second kappa shape index (κ2) is 6.15. The van der Waals surface area contributed by atoms with E-state index >= 15 is 0 Å². The summed E-state index contributed by atoms with van der Waals surface area (Å²) in [4.78, 5) is 36.9. The van der Waals surface area contributed by atoms with Crippen molar-refractivity contribution in [2.45, 2.75) is 19.4 Å². The number of imide groups is 1. The third-order valence-electron chi connectivity index (χ3n) is 3.43. The Morgan fingerprint density at radius 2 is 1.96 bits per heavy atom. The van der Waals surface area contributed by atoms with E-state index in [1.165, 1.54) is 14.2 Å². The van der Waals surface area contributed by atoms with Gasteiger partial charge >= 0.3 is 6.03 Å². The largest absolute Gasteiger partial charge is 0.497 e. The van der Waals surface area contributed by atoms with E-state index in [1.54, 1.807) is 32.0 Å². The minimum Gasteiger partial charge on any atom is -0.497 e. The molecule has 1 fully saturated rings. The molecule has 0 atom stereocenters. The third-order valence-corrected chi connectivity index (χ3v) is 3.43. The molecule has 0 aliphatic carbocycles. The molecule has 4 amide bonds. The topological polar surface area (TPSA) is 97.0 Å². The molecule has 1 heterocycles. The Kier molecular flexibility index (Phi) is 4.44. The van der Waals surface area contributed by atoms with Crippen LogP contribution in [-0.4, -0.2) is 49.0 Å². The predicted octanol–water partition coefficient (Wildman–Crippen LogP) is 0.973. The summed E-state index contributed by atoms with van der Waals surface area (Å²) in [6.45, 7) is 2.78. The SMILES string of the molecule is COc1ccc(OC)c(NC(=O)CN2C(=O)NC(C)(C)C2=O)c1. The highest BCUT2D eigenvalue weighted by molar-refractivity contribution is 6.09. The van der Waals surface area contributed by atoms with E-state index in [4.69, 9.17) is 9.47 Å². The molecule has 0 radical (unpaired) electrons. The van der Waals surface area contributed by atoms with Crippen molar-refractivity contribution in [2.24, 2.45) is 0 Å². The minimum absolute atomic E-state index is 0.380. The number of urea groups is 1. The van der Waals surface area contributed by atoms with Crippen molar-refractivity contribution < 1.29 is 23.9 Å². The number of rotatable bonds is 5. The van der Waals surface area contributed by atoms with Gasteiger partial charge in [0.15, 0.2) is 0 Å². The number of hydrogen-bond acceptors (Lipinski definition) is 5. The monoisotopic (exact) mass is 321 g/mol. The first-order valence-electron chi connectivity index (χ1n) is 6.94. The molecule has 0 saturated carbocycles. The molecule has 0 aromatic heterocycles. The van der Waals surface area contributed by atoms with Crippen molar-refractivity contribution in [3.05, 3.63) is 18.2 Å². The molecule has 1 aliphatic heterocycles. The number of ether oxygens (including phenoxy) is 2. The normalized spacial score (nSPS) is 16.1. The molecular formula is C15H19N3O5. The van der Waals surface area contributed by atoms with Crippen molar-refractivity contribution in [3.63, 3.8) is 0 Å². The van der Waals surface area contributed by atoms with Gasteiger partial charge < -0.3 is 20.1 Å². The maximum absolute atomic E-state index is 12.2. The molecule has 23 heavy (non-hydrogen) atoms. The van der Waals surface area contributed by atoms with Gasteiger partial charge in [0.25, 0.3) is 5.91 Å². The fraction of sp³-hybridized carbons (Fsp3) is 0.400. The fourth-order valence-electron chi connectivity index (χ4n) is 2.21. The summed E-state index contributed by atoms with van der Waals surface area (Å²) in [5.74, 6) is 0.0157. The van der Waals surface area contributed by atoms with E-state index in [0.29, 0.717) is 17.2 Å². The molecule has 1 aromatic carbocycles. The highest BCUT2D eigenvalue weighted by atomic mass is 16.5. The second-order valence-electron chi connectivity index (χ2n) is 5.56. The van der Waals surface area contributed by atoms with Gasteiger partial charge in [-0.3, -0.25) is 14.5 Å². The summed E-state index contributed by atoms with van der Waals surface area (Å²) < 4.78 is 10.3. The fourth-order valence-corrected chi connectivity index (χ4v) is 2.21. The molecule has 8 nitrogen and oxygen atoms in total. The van der Waals surface area contributed by atoms with Crippen LogP contribution in [0.5, 0.6) is 11.5 Å². The van der Waals surface area contributed by atoms with Crippen LogP contribution >= 0.6 is 0 Å². The maximum atomic E-state index is 12.2. The van der Waals surface area contributed by atoms with Crippen molar-refractivity contribution in [1.82, 2.24) is 10.2 Å². The molecule has 124 valence electrons. The molecule has 8 heteroatoms. The molecule has 1 saturated heterocycles. The van der Waals surface area contributed by atoms with Crippen LogP contribution in [0.3, 0.4) is 0 Å². The zero-order valence-electron chi connectivity index (χ0n) is 13.4. The second-order valence-corrected chi connectivity index (χ2v) is 5.56. The van der Waals surface area contributed by atoms with Crippen LogP contribution in [0.4, 0.5) is 10.5 Å². The third kappa shape index (κ3) is 3.36. The molecular weight excluding hydrogens is 302 g/mol. The molecule has 1 aromatic rings. The predicted molar refractivity (Wildman–Crippen MR) is 82.5 cm³/mol. The summed E-state index contributed by atoms with van der Waals surface area (Å²) in [7, 11) is 2.97. The van der Waals surface area contributed by atoms with E-state index in [9.17, 15) is 14.4 Å². The van der Waals surface area contributed by atoms with E-state index < -0.39 is 23.4 Å². The lowest BCUT2D eigenvalue weighted by atomic mass is 10.1. The summed E-state index contributed by atoms with van der Waals surface area (Å²) in [5, 5.41) is 5.13. The number of nitrogens with zero attached hydrogens (tertiary/aromatic N) is 1. The van der Waals surface area contributed by atoms with Crippen molar-refractivity contribution in [3.8, 4) is 11.5 Å². The Hall–Kier alpha value is -2.77. The van der Waals surface area contributed by atoms with Crippen molar-refractivity contribution in [2.75, 3.05) is 26.1 Å². The van der Waals surface area contributed by atoms with Gasteiger partial charge in [-0.2, -0.15) is 0 Å². The summed E-state index contributed by atoms with van der Waals surface area (Å²) in [6.07, 6.45) is 0. The zero-order chi connectivity index (χ0) is 17.2. The van der Waals surface area contributed by atoms with Crippen LogP contribution < -0.4 is 20.1 Å². The minimum atomic E-state index is -1.01. The summed E-state index contributed by atoms with van der Waals surface area (Å²) >= 11 is 0. The van der Waals surface area contributed by atoms with E-state index in [1.807, 2.05) is 0 Å². The number of hydrogen-bond donors (Lipinski definition) is 2. The van der Waals surface area contributed by atoms with Gasteiger partial charge in [0, 0.05) is 6.07 Å². The van der Waals surface area contributed by atoms with Gasteiger partial charge in [-0.1, -0.05) is 0 Å². The van der Waals surface area contributed by atoms with Gasteiger partial charge in [-0.25, -0.2) is 4.79 Å². The quantitative estimate of drug-likeness (QED) is 0.788. The first-order chi connectivity index (χ1) is 10.8. The number of methoxy groups -OCH3 is 2. The Labute approximate surface area is 133 Å². The highest BCUT2D eigenvalue weighted by Crippen LogP contribution is 2.29. The first-order valence-corrected chi connectivity index (χ1v) is 6.94. The number of benzene rings is 1. The Morgan fingerprint density at radius 3 is 2.48 bits per heavy atom. The van der Waals surface area contributed by atoms with Gasteiger partial charge in [0.1, 0.15) is 23.6 Å². The summed E-state index contributed by atoms with van der Waals surface area (Å²) in [5.41, 5.74) is -0.617. The molecule has 2 N–H and O–H groups in total. The lowest BCUT2D eigenvalue weighted by molar-refractivity contribution is -0.132. The average Bonchev–Trinajstić information content (AvgIpc) is 2.69. The van der Waals surface area contributed by atoms with Crippen LogP contribution in [0.2, 0.25) is 0 Å². The summed E-state index contributed by atoms with van der Waals surface area (Å²) in [6, 6.07) is 4.33. The van der Waals surface area contributed by atoms with Crippen LogP contribution in [0, 0.1) is 0 Å². The Morgan fingerprint density at radius 1 is 1.26 bits per heavy atom. The molecule has 1 aliphatic rings. The van der Waals surface area contributed by atoms with Gasteiger partial charge in [0.05, 0.1) is 19.9 Å². The number of carbonyl (C=O) groups excluding carboxylic acids is 3. The van der Waals surface area contributed by atoms with Gasteiger partial charge in [-0.05, 0) is 26.0 Å². The van der Waals surface area contributed by atoms with Crippen molar-refractivity contribution in [1.29, 1.82) is 0 Å². The van der Waals surface area contributed by atoms with E-state index in [-0.39, 0.29) is 6.54 Å². The number of nitrogens with one attached hydrogen (secondary N) is 2. The van der Waals surface area contributed by atoms with Crippen LogP contribution in [0.1, 0.15) is 13.8 Å². The first kappa shape index (κ1) is 16.6. The van der Waals surface area contributed by atoms with Crippen LogP contribution in [0.25, 0.3) is 0 Å². The Balaban J connectivity index is 2.11. The van der Waals surface area contributed by atoms with E-state index in [0.717, 1.165) is 4.90 Å². The lowest BCUT2D eigenvalue weighted by Gasteiger charge is -2.16. The van der Waals surface area contributed by atoms with Gasteiger partial charge in [0.2, 0.25) is 5.91 Å². The number of anilines is 1. The lowest BCUT2D eigenvalue weighted by Crippen LogP contribution is -2.41.